The Kier molecular flexibility index (Phi) is 5.43. The van der Waals surface area contributed by atoms with E-state index in [1.54, 1.807) is 0 Å². The second-order valence-corrected chi connectivity index (χ2v) is 6.12. The average Bonchev–Trinajstić information content (AvgIpc) is 2.98. The Labute approximate surface area is 147 Å². The fourth-order valence-corrected chi connectivity index (χ4v) is 2.88. The second-order valence-electron chi connectivity index (χ2n) is 6.12. The van der Waals surface area contributed by atoms with Crippen molar-refractivity contribution in [2.75, 3.05) is 19.8 Å². The van der Waals surface area contributed by atoms with Gasteiger partial charge in [-0.15, -0.1) is 0 Å². The van der Waals surface area contributed by atoms with E-state index in [9.17, 15) is 4.79 Å². The van der Waals surface area contributed by atoms with Gasteiger partial charge in [-0.05, 0) is 24.6 Å². The van der Waals surface area contributed by atoms with Gasteiger partial charge in [0.25, 0.3) is 0 Å². The Morgan fingerprint density at radius 1 is 1.20 bits per heavy atom. The molecular formula is C20H22O5. The molecule has 5 nitrogen and oxygen atoms in total. The first-order chi connectivity index (χ1) is 12.1. The van der Waals surface area contributed by atoms with Crippen molar-refractivity contribution >= 4 is 5.97 Å². The van der Waals surface area contributed by atoms with Gasteiger partial charge in [0.2, 0.25) is 0 Å². The molecule has 0 radical (unpaired) electrons. The van der Waals surface area contributed by atoms with Gasteiger partial charge in [0.1, 0.15) is 17.2 Å². The maximum absolute atomic E-state index is 10.9. The number of rotatable bonds is 8. The molecule has 0 spiro atoms. The molecule has 5 heteroatoms. The van der Waals surface area contributed by atoms with Crippen LogP contribution in [0.3, 0.4) is 0 Å². The molecule has 3 rings (SSSR count). The molecule has 1 N–H and O–H groups in total. The highest BCUT2D eigenvalue weighted by Gasteiger charge is 2.26. The third-order valence-electron chi connectivity index (χ3n) is 4.19. The summed E-state index contributed by atoms with van der Waals surface area (Å²) in [5.74, 6) is 1.46. The molecule has 1 atom stereocenters. The van der Waals surface area contributed by atoms with Crippen LogP contribution < -0.4 is 14.2 Å². The summed E-state index contributed by atoms with van der Waals surface area (Å²) in [5.41, 5.74) is 2.06. The lowest BCUT2D eigenvalue weighted by molar-refractivity contribution is -0.137. The number of hydrogen-bond acceptors (Lipinski definition) is 4. The molecular weight excluding hydrogens is 320 g/mol. The molecule has 132 valence electrons. The topological polar surface area (TPSA) is 65.0 Å². The number of fused-ring (bicyclic) bond motifs is 1. The van der Waals surface area contributed by atoms with Crippen LogP contribution in [0.15, 0.2) is 42.5 Å². The fourth-order valence-electron chi connectivity index (χ4n) is 2.88. The molecule has 25 heavy (non-hydrogen) atoms. The van der Waals surface area contributed by atoms with Crippen molar-refractivity contribution in [1.82, 2.24) is 0 Å². The smallest absolute Gasteiger partial charge is 0.304 e. The van der Waals surface area contributed by atoms with Crippen LogP contribution in [0.5, 0.6) is 17.2 Å². The van der Waals surface area contributed by atoms with E-state index in [1.165, 1.54) is 0 Å². The molecule has 0 amide bonds. The van der Waals surface area contributed by atoms with Gasteiger partial charge in [-0.2, -0.15) is 0 Å². The Bertz CT molecular complexity index is 741. The molecule has 0 aromatic heterocycles. The highest BCUT2D eigenvalue weighted by molar-refractivity contribution is 5.68. The normalized spacial score (nSPS) is 15.3. The van der Waals surface area contributed by atoms with E-state index in [-0.39, 0.29) is 12.3 Å². The van der Waals surface area contributed by atoms with Crippen molar-refractivity contribution in [1.29, 1.82) is 0 Å². The van der Waals surface area contributed by atoms with Gasteiger partial charge >= 0.3 is 5.97 Å². The standard InChI is InChI=1S/C20H22O5/c1-14-5-2-3-6-18(14)24-10-4-9-23-16-7-8-17-15(11-20(21)22)13-25-19(17)12-16/h2-3,5-8,12,15H,4,9-11,13H2,1H3,(H,21,22). The molecule has 1 heterocycles. The third kappa shape index (κ3) is 4.44. The van der Waals surface area contributed by atoms with E-state index < -0.39 is 5.97 Å². The van der Waals surface area contributed by atoms with Crippen LogP contribution in [0, 0.1) is 6.92 Å². The minimum absolute atomic E-state index is 0.0796. The summed E-state index contributed by atoms with van der Waals surface area (Å²) in [7, 11) is 0. The highest BCUT2D eigenvalue weighted by Crippen LogP contribution is 2.38. The van der Waals surface area contributed by atoms with Crippen LogP contribution in [0.25, 0.3) is 0 Å². The number of benzene rings is 2. The van der Waals surface area contributed by atoms with E-state index in [4.69, 9.17) is 19.3 Å². The van der Waals surface area contributed by atoms with E-state index >= 15 is 0 Å². The minimum Gasteiger partial charge on any atom is -0.493 e. The van der Waals surface area contributed by atoms with Crippen LogP contribution in [0.1, 0.15) is 29.9 Å². The molecule has 1 unspecified atom stereocenters. The molecule has 2 aromatic carbocycles. The van der Waals surface area contributed by atoms with E-state index in [0.717, 1.165) is 34.8 Å². The van der Waals surface area contributed by atoms with Crippen LogP contribution in [-0.4, -0.2) is 30.9 Å². The number of hydrogen-bond donors (Lipinski definition) is 1. The molecule has 0 aliphatic carbocycles. The Hall–Kier alpha value is -2.69. The average molecular weight is 342 g/mol. The van der Waals surface area contributed by atoms with Gasteiger partial charge in [0.05, 0.1) is 26.2 Å². The summed E-state index contributed by atoms with van der Waals surface area (Å²) in [4.78, 5) is 10.9. The lowest BCUT2D eigenvalue weighted by Crippen LogP contribution is -2.07. The number of aryl methyl sites for hydroxylation is 1. The Morgan fingerprint density at radius 2 is 2.00 bits per heavy atom. The number of para-hydroxylation sites is 1. The number of carboxylic acids is 1. The summed E-state index contributed by atoms with van der Waals surface area (Å²) < 4.78 is 17.1. The molecule has 0 bridgehead atoms. The van der Waals surface area contributed by atoms with Crippen molar-refractivity contribution in [3.05, 3.63) is 53.6 Å². The van der Waals surface area contributed by atoms with Crippen molar-refractivity contribution in [3.63, 3.8) is 0 Å². The second kappa shape index (κ2) is 7.92. The van der Waals surface area contributed by atoms with Crippen LogP contribution in [-0.2, 0) is 4.79 Å². The van der Waals surface area contributed by atoms with E-state index in [1.807, 2.05) is 49.4 Å². The Morgan fingerprint density at radius 3 is 2.80 bits per heavy atom. The zero-order valence-electron chi connectivity index (χ0n) is 14.2. The van der Waals surface area contributed by atoms with Gasteiger partial charge < -0.3 is 19.3 Å². The maximum Gasteiger partial charge on any atom is 0.304 e. The van der Waals surface area contributed by atoms with Gasteiger partial charge in [0.15, 0.2) is 0 Å². The number of carbonyl (C=O) groups is 1. The summed E-state index contributed by atoms with van der Waals surface area (Å²) in [5, 5.41) is 8.93. The summed E-state index contributed by atoms with van der Waals surface area (Å²) >= 11 is 0. The predicted molar refractivity (Wildman–Crippen MR) is 93.7 cm³/mol. The van der Waals surface area contributed by atoms with Crippen LogP contribution in [0.4, 0.5) is 0 Å². The maximum atomic E-state index is 10.9. The molecule has 0 saturated heterocycles. The Balaban J connectivity index is 1.45. The monoisotopic (exact) mass is 342 g/mol. The number of aliphatic carboxylic acids is 1. The predicted octanol–water partition coefficient (Wildman–Crippen LogP) is 3.79. The van der Waals surface area contributed by atoms with Gasteiger partial charge in [-0.3, -0.25) is 4.79 Å². The fraction of sp³-hybridized carbons (Fsp3) is 0.350. The lowest BCUT2D eigenvalue weighted by Gasteiger charge is -2.10. The molecule has 0 fully saturated rings. The minimum atomic E-state index is -0.810. The number of ether oxygens (including phenoxy) is 3. The quantitative estimate of drug-likeness (QED) is 0.739. The zero-order chi connectivity index (χ0) is 17.6. The first-order valence-electron chi connectivity index (χ1n) is 8.43. The number of carboxylic acid groups (broad SMARTS) is 1. The highest BCUT2D eigenvalue weighted by atomic mass is 16.5. The lowest BCUT2D eigenvalue weighted by atomic mass is 9.98. The zero-order valence-corrected chi connectivity index (χ0v) is 14.2. The molecule has 1 aliphatic rings. The van der Waals surface area contributed by atoms with Gasteiger partial charge in [-0.1, -0.05) is 24.3 Å². The van der Waals surface area contributed by atoms with Crippen LogP contribution in [0.2, 0.25) is 0 Å². The summed E-state index contributed by atoms with van der Waals surface area (Å²) in [6.45, 7) is 3.57. The van der Waals surface area contributed by atoms with E-state index in [0.29, 0.717) is 19.8 Å². The first-order valence-corrected chi connectivity index (χ1v) is 8.43. The first kappa shape index (κ1) is 17.1. The SMILES string of the molecule is Cc1ccccc1OCCCOc1ccc2c(c1)OCC2CC(=O)O. The van der Waals surface area contributed by atoms with Crippen molar-refractivity contribution < 1.29 is 24.1 Å². The largest absolute Gasteiger partial charge is 0.493 e. The van der Waals surface area contributed by atoms with Crippen molar-refractivity contribution in [2.45, 2.75) is 25.7 Å². The van der Waals surface area contributed by atoms with Crippen molar-refractivity contribution in [3.8, 4) is 17.2 Å². The molecule has 0 saturated carbocycles. The van der Waals surface area contributed by atoms with Crippen molar-refractivity contribution in [2.24, 2.45) is 0 Å². The van der Waals surface area contributed by atoms with E-state index in [2.05, 4.69) is 0 Å². The van der Waals surface area contributed by atoms with Gasteiger partial charge in [-0.25, -0.2) is 0 Å². The van der Waals surface area contributed by atoms with Gasteiger partial charge in [0, 0.05) is 24.0 Å². The third-order valence-corrected chi connectivity index (χ3v) is 4.19. The summed E-state index contributed by atoms with van der Waals surface area (Å²) in [6.07, 6.45) is 0.858. The summed E-state index contributed by atoms with van der Waals surface area (Å²) in [6, 6.07) is 13.5. The molecule has 2 aromatic rings. The van der Waals surface area contributed by atoms with Crippen LogP contribution >= 0.6 is 0 Å². The molecule has 1 aliphatic heterocycles.